The molecule has 4 N–H and O–H groups in total. The minimum Gasteiger partial charge on any atom is -0.372 e. The van der Waals surface area contributed by atoms with Crippen LogP contribution in [0.2, 0.25) is 0 Å². The number of anilines is 4. The molecule has 3 heterocycles. The van der Waals surface area contributed by atoms with E-state index < -0.39 is 5.91 Å². The molecule has 1 atom stereocenters. The van der Waals surface area contributed by atoms with Crippen LogP contribution in [0.4, 0.5) is 23.0 Å². The number of amides is 2. The molecule has 10 nitrogen and oxygen atoms in total. The predicted molar refractivity (Wildman–Crippen MR) is 161 cm³/mol. The summed E-state index contributed by atoms with van der Waals surface area (Å²) >= 11 is 0. The molecule has 0 spiro atoms. The average Bonchev–Trinajstić information content (AvgIpc) is 3.33. The summed E-state index contributed by atoms with van der Waals surface area (Å²) in [6.45, 7) is 13.8. The molecule has 2 aromatic heterocycles. The highest BCUT2D eigenvalue weighted by Crippen LogP contribution is 2.27. The number of carbonyl (C=O) groups is 2. The lowest BCUT2D eigenvalue weighted by Gasteiger charge is -2.34. The van der Waals surface area contributed by atoms with E-state index in [0.717, 1.165) is 55.4 Å². The van der Waals surface area contributed by atoms with E-state index in [0.29, 0.717) is 23.6 Å². The van der Waals surface area contributed by atoms with Crippen LogP contribution in [-0.2, 0) is 12.5 Å². The minimum absolute atomic E-state index is 0.0528. The number of benzene rings is 1. The third kappa shape index (κ3) is 6.55. The van der Waals surface area contributed by atoms with Gasteiger partial charge in [0.25, 0.3) is 11.8 Å². The van der Waals surface area contributed by atoms with Crippen LogP contribution in [0.15, 0.2) is 42.5 Å². The topological polar surface area (TPSA) is 121 Å². The zero-order valence-electron chi connectivity index (χ0n) is 24.5. The molecule has 1 fully saturated rings. The highest BCUT2D eigenvalue weighted by atomic mass is 16.2. The van der Waals surface area contributed by atoms with Crippen molar-refractivity contribution in [2.75, 3.05) is 41.3 Å². The van der Waals surface area contributed by atoms with E-state index in [9.17, 15) is 9.59 Å². The van der Waals surface area contributed by atoms with Gasteiger partial charge in [0.05, 0.1) is 5.56 Å². The van der Waals surface area contributed by atoms with Gasteiger partial charge in [-0.3, -0.25) is 14.3 Å². The molecule has 40 heavy (non-hydrogen) atoms. The van der Waals surface area contributed by atoms with Gasteiger partial charge >= 0.3 is 0 Å². The smallest absolute Gasteiger partial charge is 0.272 e. The van der Waals surface area contributed by atoms with Crippen LogP contribution >= 0.6 is 0 Å². The summed E-state index contributed by atoms with van der Waals surface area (Å²) in [6, 6.07) is 13.4. The zero-order chi connectivity index (χ0) is 29.0. The van der Waals surface area contributed by atoms with E-state index in [1.165, 1.54) is 0 Å². The van der Waals surface area contributed by atoms with Crippen molar-refractivity contribution in [1.82, 2.24) is 20.1 Å². The molecule has 0 saturated carbocycles. The largest absolute Gasteiger partial charge is 0.372 e. The summed E-state index contributed by atoms with van der Waals surface area (Å²) in [7, 11) is 1.87. The van der Waals surface area contributed by atoms with E-state index in [-0.39, 0.29) is 17.4 Å². The van der Waals surface area contributed by atoms with Crippen LogP contribution in [0.5, 0.6) is 0 Å². The van der Waals surface area contributed by atoms with E-state index in [2.05, 4.69) is 60.2 Å². The Balaban J connectivity index is 1.49. The van der Waals surface area contributed by atoms with Gasteiger partial charge in [0.15, 0.2) is 0 Å². The highest BCUT2D eigenvalue weighted by Gasteiger charge is 2.26. The predicted octanol–water partition coefficient (Wildman–Crippen LogP) is 4.20. The molecule has 214 valence electrons. The Bertz CT molecular complexity index is 1340. The summed E-state index contributed by atoms with van der Waals surface area (Å²) < 4.78 is 1.78. The van der Waals surface area contributed by atoms with Crippen LogP contribution in [0.25, 0.3) is 0 Å². The van der Waals surface area contributed by atoms with Crippen molar-refractivity contribution >= 4 is 34.8 Å². The first-order valence-corrected chi connectivity index (χ1v) is 14.0. The van der Waals surface area contributed by atoms with Gasteiger partial charge in [-0.25, -0.2) is 4.98 Å². The third-order valence-electron chi connectivity index (χ3n) is 7.37. The monoisotopic (exact) mass is 546 g/mol. The Morgan fingerprint density at radius 2 is 1.80 bits per heavy atom. The molecular weight excluding hydrogens is 504 g/mol. The van der Waals surface area contributed by atoms with Gasteiger partial charge in [0, 0.05) is 61.8 Å². The summed E-state index contributed by atoms with van der Waals surface area (Å²) in [5.74, 6) is 0.412. The standard InChI is InChI=1S/C30H42N8O2/c1-7-37(8-2)22-13-11-20(12-14-22)32-28-23(27(31)39)15-16-26(34-28)38-17-9-10-21(19-38)33-29(40)24-18-25(30(3,4)5)36(6)35-24/h11-16,18,21H,7-10,17,19H2,1-6H3,(H2,31,39)(H,32,34)(H,33,40)/t21-/m1/s1. The molecule has 0 bridgehead atoms. The van der Waals surface area contributed by atoms with Crippen LogP contribution in [0.1, 0.15) is 74.0 Å². The average molecular weight is 547 g/mol. The number of carbonyl (C=O) groups excluding carboxylic acids is 2. The summed E-state index contributed by atoms with van der Waals surface area (Å²) in [6.07, 6.45) is 1.76. The van der Waals surface area contributed by atoms with Crippen LogP contribution in [0, 0.1) is 0 Å². The number of nitrogens with two attached hydrogens (primary N) is 1. The first kappa shape index (κ1) is 28.9. The molecule has 0 radical (unpaired) electrons. The second-order valence-corrected chi connectivity index (χ2v) is 11.3. The molecule has 2 amide bonds. The van der Waals surface area contributed by atoms with E-state index in [1.54, 1.807) is 10.7 Å². The summed E-state index contributed by atoms with van der Waals surface area (Å²) in [5.41, 5.74) is 9.27. The molecule has 1 aromatic carbocycles. The Hall–Kier alpha value is -4.08. The van der Waals surface area contributed by atoms with Crippen LogP contribution < -0.4 is 26.2 Å². The number of aromatic nitrogens is 3. The first-order valence-electron chi connectivity index (χ1n) is 14.0. The Morgan fingerprint density at radius 1 is 1.10 bits per heavy atom. The maximum atomic E-state index is 13.0. The van der Waals surface area contributed by atoms with Gasteiger partial charge < -0.3 is 26.2 Å². The van der Waals surface area contributed by atoms with Crippen LogP contribution in [-0.4, -0.2) is 58.8 Å². The highest BCUT2D eigenvalue weighted by molar-refractivity contribution is 5.98. The molecule has 4 rings (SSSR count). The fourth-order valence-electron chi connectivity index (χ4n) is 5.24. The second kappa shape index (κ2) is 12.0. The maximum Gasteiger partial charge on any atom is 0.272 e. The minimum atomic E-state index is -0.546. The van der Waals surface area contributed by atoms with Gasteiger partial charge in [-0.15, -0.1) is 0 Å². The van der Waals surface area contributed by atoms with Gasteiger partial charge in [0.1, 0.15) is 17.3 Å². The number of piperidine rings is 1. The lowest BCUT2D eigenvalue weighted by molar-refractivity contribution is 0.0926. The zero-order valence-corrected chi connectivity index (χ0v) is 24.5. The molecule has 1 aliphatic heterocycles. The number of nitrogens with one attached hydrogen (secondary N) is 2. The lowest BCUT2D eigenvalue weighted by Crippen LogP contribution is -2.48. The van der Waals surface area contributed by atoms with Crippen molar-refractivity contribution in [3.63, 3.8) is 0 Å². The molecule has 10 heteroatoms. The number of primary amides is 1. The Kier molecular flexibility index (Phi) is 8.66. The number of rotatable bonds is 9. The number of hydrogen-bond acceptors (Lipinski definition) is 7. The fraction of sp³-hybridized carbons (Fsp3) is 0.467. The molecule has 1 aliphatic rings. The SMILES string of the molecule is CCN(CC)c1ccc(Nc2nc(N3CCC[C@@H](NC(=O)c4cc(C(C)(C)C)n(C)n4)C3)ccc2C(N)=O)cc1. The number of nitrogens with zero attached hydrogens (tertiary/aromatic N) is 5. The van der Waals surface area contributed by atoms with Crippen molar-refractivity contribution in [3.05, 3.63) is 59.4 Å². The first-order chi connectivity index (χ1) is 19.0. The Morgan fingerprint density at radius 3 is 2.40 bits per heavy atom. The quantitative estimate of drug-likeness (QED) is 0.368. The van der Waals surface area contributed by atoms with Crippen molar-refractivity contribution in [1.29, 1.82) is 0 Å². The molecular formula is C30H42N8O2. The molecule has 0 unspecified atom stereocenters. The summed E-state index contributed by atoms with van der Waals surface area (Å²) in [4.78, 5) is 34.4. The molecule has 3 aromatic rings. The number of pyridine rings is 1. The maximum absolute atomic E-state index is 13.0. The van der Waals surface area contributed by atoms with Gasteiger partial charge in [0.2, 0.25) is 0 Å². The third-order valence-corrected chi connectivity index (χ3v) is 7.37. The molecule has 1 saturated heterocycles. The number of aryl methyl sites for hydroxylation is 1. The van der Waals surface area contributed by atoms with Crippen LogP contribution in [0.3, 0.4) is 0 Å². The second-order valence-electron chi connectivity index (χ2n) is 11.3. The van der Waals surface area contributed by atoms with Crippen molar-refractivity contribution in [2.45, 2.75) is 58.9 Å². The lowest BCUT2D eigenvalue weighted by atomic mass is 9.92. The summed E-state index contributed by atoms with van der Waals surface area (Å²) in [5, 5.41) is 10.9. The van der Waals surface area contributed by atoms with Gasteiger partial charge in [-0.05, 0) is 69.2 Å². The van der Waals surface area contributed by atoms with Crippen molar-refractivity contribution in [2.24, 2.45) is 12.8 Å². The fourth-order valence-corrected chi connectivity index (χ4v) is 5.24. The number of hydrogen-bond donors (Lipinski definition) is 3. The van der Waals surface area contributed by atoms with Crippen molar-refractivity contribution < 1.29 is 9.59 Å². The Labute approximate surface area is 236 Å². The van der Waals surface area contributed by atoms with E-state index in [4.69, 9.17) is 10.7 Å². The normalized spacial score (nSPS) is 15.6. The van der Waals surface area contributed by atoms with E-state index in [1.807, 2.05) is 43.4 Å². The van der Waals surface area contributed by atoms with Crippen molar-refractivity contribution in [3.8, 4) is 0 Å². The van der Waals surface area contributed by atoms with E-state index >= 15 is 0 Å². The molecule has 0 aliphatic carbocycles. The van der Waals surface area contributed by atoms with Gasteiger partial charge in [-0.2, -0.15) is 5.10 Å². The van der Waals surface area contributed by atoms with Gasteiger partial charge in [-0.1, -0.05) is 20.8 Å².